The van der Waals surface area contributed by atoms with Crippen LogP contribution in [0.25, 0.3) is 0 Å². The van der Waals surface area contributed by atoms with E-state index in [9.17, 15) is 8.42 Å². The number of nitrogens with two attached hydrogens (primary N) is 1. The van der Waals surface area contributed by atoms with Gasteiger partial charge in [-0.25, -0.2) is 8.42 Å². The normalized spacial score (nSPS) is 13.6. The molecule has 0 amide bonds. The smallest absolute Gasteiger partial charge is 0.147 e. The van der Waals surface area contributed by atoms with Crippen molar-refractivity contribution in [2.45, 2.75) is 25.8 Å². The molecule has 2 N–H and O–H groups in total. The first-order valence-corrected chi connectivity index (χ1v) is 7.93. The lowest BCUT2D eigenvalue weighted by molar-refractivity contribution is 0.588. The van der Waals surface area contributed by atoms with Gasteiger partial charge in [0, 0.05) is 23.1 Å². The Balaban J connectivity index is 2.61. The Morgan fingerprint density at radius 2 is 2.06 bits per heavy atom. The Hall–Kier alpha value is -0.580. The van der Waals surface area contributed by atoms with Gasteiger partial charge in [0.25, 0.3) is 0 Å². The first kappa shape index (κ1) is 14.5. The van der Waals surface area contributed by atoms with E-state index in [1.807, 2.05) is 25.1 Å². The molecule has 0 saturated heterocycles. The van der Waals surface area contributed by atoms with Crippen LogP contribution in [-0.4, -0.2) is 20.4 Å². The first-order valence-electron chi connectivity index (χ1n) is 5.49. The molecule has 96 valence electrons. The van der Waals surface area contributed by atoms with E-state index in [-0.39, 0.29) is 11.8 Å². The third-order valence-corrected chi connectivity index (χ3v) is 3.94. The zero-order valence-corrected chi connectivity index (χ0v) is 11.7. The summed E-state index contributed by atoms with van der Waals surface area (Å²) in [5, 5.41) is 0.650. The fraction of sp³-hybridized carbons (Fsp3) is 0.500. The quantitative estimate of drug-likeness (QED) is 0.898. The maximum Gasteiger partial charge on any atom is 0.147 e. The molecular weight excluding hydrogens is 258 g/mol. The molecule has 0 fully saturated rings. The second-order valence-electron chi connectivity index (χ2n) is 4.40. The maximum absolute atomic E-state index is 11.0. The number of hydrogen-bond acceptors (Lipinski definition) is 3. The SMILES string of the molecule is Cc1ccc(C(N)CCCS(C)(=O)=O)c(Cl)c1. The summed E-state index contributed by atoms with van der Waals surface area (Å²) >= 11 is 6.09. The van der Waals surface area contributed by atoms with Gasteiger partial charge < -0.3 is 5.73 Å². The van der Waals surface area contributed by atoms with Gasteiger partial charge in [0.05, 0.1) is 0 Å². The standard InChI is InChI=1S/C12H18ClNO2S/c1-9-5-6-10(11(13)8-9)12(14)4-3-7-17(2,15)16/h5-6,8,12H,3-4,7,14H2,1-2H3. The predicted molar refractivity (Wildman–Crippen MR) is 72.1 cm³/mol. The summed E-state index contributed by atoms with van der Waals surface area (Å²) in [5.41, 5.74) is 7.96. The minimum absolute atomic E-state index is 0.171. The monoisotopic (exact) mass is 275 g/mol. The largest absolute Gasteiger partial charge is 0.324 e. The maximum atomic E-state index is 11.0. The average Bonchev–Trinajstić information content (AvgIpc) is 2.15. The molecule has 1 rings (SSSR count). The summed E-state index contributed by atoms with van der Waals surface area (Å²) in [6.07, 6.45) is 2.41. The van der Waals surface area contributed by atoms with Crippen molar-refractivity contribution in [1.82, 2.24) is 0 Å². The van der Waals surface area contributed by atoms with Crippen molar-refractivity contribution in [2.75, 3.05) is 12.0 Å². The molecule has 0 aliphatic carbocycles. The molecule has 0 heterocycles. The van der Waals surface area contributed by atoms with E-state index < -0.39 is 9.84 Å². The molecular formula is C12H18ClNO2S. The molecule has 0 spiro atoms. The fourth-order valence-corrected chi connectivity index (χ4v) is 2.72. The van der Waals surface area contributed by atoms with E-state index >= 15 is 0 Å². The third-order valence-electron chi connectivity index (χ3n) is 2.59. The first-order chi connectivity index (χ1) is 7.79. The van der Waals surface area contributed by atoms with Crippen molar-refractivity contribution in [3.8, 4) is 0 Å². The molecule has 1 atom stereocenters. The molecule has 3 nitrogen and oxygen atoms in total. The van der Waals surface area contributed by atoms with Crippen molar-refractivity contribution in [1.29, 1.82) is 0 Å². The molecule has 1 aromatic carbocycles. The van der Waals surface area contributed by atoms with Crippen LogP contribution < -0.4 is 5.73 Å². The lowest BCUT2D eigenvalue weighted by Gasteiger charge is -2.13. The second-order valence-corrected chi connectivity index (χ2v) is 7.07. The highest BCUT2D eigenvalue weighted by molar-refractivity contribution is 7.90. The Kier molecular flexibility index (Phi) is 4.98. The molecule has 1 unspecified atom stereocenters. The minimum atomic E-state index is -2.91. The van der Waals surface area contributed by atoms with Gasteiger partial charge in [-0.15, -0.1) is 0 Å². The van der Waals surface area contributed by atoms with Crippen molar-refractivity contribution in [3.63, 3.8) is 0 Å². The Morgan fingerprint density at radius 3 is 2.59 bits per heavy atom. The van der Waals surface area contributed by atoms with Crippen LogP contribution in [0.2, 0.25) is 5.02 Å². The highest BCUT2D eigenvalue weighted by Gasteiger charge is 2.11. The summed E-state index contributed by atoms with van der Waals surface area (Å²) in [5.74, 6) is 0.171. The van der Waals surface area contributed by atoms with Gasteiger partial charge in [0.2, 0.25) is 0 Å². The van der Waals surface area contributed by atoms with Crippen LogP contribution in [0.4, 0.5) is 0 Å². The summed E-state index contributed by atoms with van der Waals surface area (Å²) in [4.78, 5) is 0. The van der Waals surface area contributed by atoms with Gasteiger partial charge in [0.1, 0.15) is 9.84 Å². The van der Waals surface area contributed by atoms with Crippen molar-refractivity contribution < 1.29 is 8.42 Å². The molecule has 0 aliphatic heterocycles. The Morgan fingerprint density at radius 1 is 1.41 bits per heavy atom. The molecule has 0 bridgehead atoms. The van der Waals surface area contributed by atoms with Gasteiger partial charge >= 0.3 is 0 Å². The van der Waals surface area contributed by atoms with Crippen LogP contribution >= 0.6 is 11.6 Å². The zero-order valence-electron chi connectivity index (χ0n) is 10.1. The average molecular weight is 276 g/mol. The van der Waals surface area contributed by atoms with E-state index in [4.69, 9.17) is 17.3 Å². The number of rotatable bonds is 5. The van der Waals surface area contributed by atoms with E-state index in [1.165, 1.54) is 6.26 Å². The third kappa shape index (κ3) is 5.06. The van der Waals surface area contributed by atoms with Crippen LogP contribution in [-0.2, 0) is 9.84 Å². The van der Waals surface area contributed by atoms with Gasteiger partial charge in [-0.2, -0.15) is 0 Å². The van der Waals surface area contributed by atoms with E-state index in [1.54, 1.807) is 0 Å². The second kappa shape index (κ2) is 5.85. The Bertz CT molecular complexity index is 485. The lowest BCUT2D eigenvalue weighted by atomic mass is 10.0. The summed E-state index contributed by atoms with van der Waals surface area (Å²) in [6.45, 7) is 1.96. The molecule has 0 saturated carbocycles. The number of aryl methyl sites for hydroxylation is 1. The summed E-state index contributed by atoms with van der Waals surface area (Å²) < 4.78 is 22.0. The van der Waals surface area contributed by atoms with Crippen molar-refractivity contribution in [2.24, 2.45) is 5.73 Å². The van der Waals surface area contributed by atoms with Gasteiger partial charge in [-0.3, -0.25) is 0 Å². The molecule has 17 heavy (non-hydrogen) atoms. The summed E-state index contributed by atoms with van der Waals surface area (Å²) in [7, 11) is -2.91. The lowest BCUT2D eigenvalue weighted by Crippen LogP contribution is -2.13. The van der Waals surface area contributed by atoms with Gasteiger partial charge in [0.15, 0.2) is 0 Å². The van der Waals surface area contributed by atoms with Crippen molar-refractivity contribution in [3.05, 3.63) is 34.3 Å². The topological polar surface area (TPSA) is 60.2 Å². The predicted octanol–water partition coefficient (Wildman–Crippen LogP) is 2.47. The van der Waals surface area contributed by atoms with Gasteiger partial charge in [-0.1, -0.05) is 23.7 Å². The van der Waals surface area contributed by atoms with E-state index in [0.717, 1.165) is 11.1 Å². The van der Waals surface area contributed by atoms with Crippen molar-refractivity contribution >= 4 is 21.4 Å². The molecule has 0 aromatic heterocycles. The molecule has 0 radical (unpaired) electrons. The number of benzene rings is 1. The molecule has 1 aromatic rings. The van der Waals surface area contributed by atoms with E-state index in [2.05, 4.69) is 0 Å². The summed E-state index contributed by atoms with van der Waals surface area (Å²) in [6, 6.07) is 5.53. The number of halogens is 1. The number of hydrogen-bond donors (Lipinski definition) is 1. The highest BCUT2D eigenvalue weighted by atomic mass is 35.5. The van der Waals surface area contributed by atoms with Crippen LogP contribution in [0.1, 0.15) is 30.0 Å². The van der Waals surface area contributed by atoms with Crippen LogP contribution in [0, 0.1) is 6.92 Å². The number of sulfone groups is 1. The fourth-order valence-electron chi connectivity index (χ4n) is 1.65. The Labute approximate surface area is 108 Å². The highest BCUT2D eigenvalue weighted by Crippen LogP contribution is 2.25. The zero-order chi connectivity index (χ0) is 13.1. The minimum Gasteiger partial charge on any atom is -0.324 e. The molecule has 5 heteroatoms. The van der Waals surface area contributed by atoms with Crippen LogP contribution in [0.3, 0.4) is 0 Å². The van der Waals surface area contributed by atoms with E-state index in [0.29, 0.717) is 17.9 Å². The molecule has 0 aliphatic rings. The van der Waals surface area contributed by atoms with Crippen LogP contribution in [0.5, 0.6) is 0 Å². The van der Waals surface area contributed by atoms with Crippen LogP contribution in [0.15, 0.2) is 18.2 Å². The van der Waals surface area contributed by atoms with Gasteiger partial charge in [-0.05, 0) is 37.0 Å².